The maximum absolute atomic E-state index is 13.1. The van der Waals surface area contributed by atoms with Gasteiger partial charge in [-0.05, 0) is 42.0 Å². The Balaban J connectivity index is 1.85. The number of anilines is 2. The number of nitrogens with zero attached hydrogens (tertiary/aromatic N) is 2. The molecule has 0 unspecified atom stereocenters. The number of rotatable bonds is 7. The second-order valence-corrected chi connectivity index (χ2v) is 6.65. The van der Waals surface area contributed by atoms with Crippen LogP contribution in [0.1, 0.15) is 11.1 Å². The summed E-state index contributed by atoms with van der Waals surface area (Å²) in [6.07, 6.45) is 0. The van der Waals surface area contributed by atoms with Gasteiger partial charge < -0.3 is 25.4 Å². The molecule has 8 heteroatoms. The Bertz CT molecular complexity index is 981. The third kappa shape index (κ3) is 4.06. The lowest BCUT2D eigenvalue weighted by atomic mass is 10.0. The number of amidine groups is 1. The van der Waals surface area contributed by atoms with E-state index in [1.165, 1.54) is 7.11 Å². The minimum Gasteiger partial charge on any atom is -0.498 e. The van der Waals surface area contributed by atoms with Crippen molar-refractivity contribution < 1.29 is 19.4 Å². The number of aliphatic carboxylic acids is 1. The number of carbonyl (C=O) groups is 2. The molecule has 0 saturated carbocycles. The molecular weight excluding hydrogens is 372 g/mol. The number of nitrogens with two attached hydrogens (primary N) is 1. The quantitative estimate of drug-likeness (QED) is 0.487. The van der Waals surface area contributed by atoms with Gasteiger partial charge in [0.1, 0.15) is 18.1 Å². The summed E-state index contributed by atoms with van der Waals surface area (Å²) in [5.41, 5.74) is 8.65. The van der Waals surface area contributed by atoms with E-state index in [0.717, 1.165) is 5.69 Å². The van der Waals surface area contributed by atoms with E-state index in [1.54, 1.807) is 65.4 Å². The normalized spacial score (nSPS) is 13.6. The fraction of sp³-hybridized carbons (Fsp3) is 0.190. The third-order valence-corrected chi connectivity index (χ3v) is 4.75. The number of nitrogen functional groups attached to an aromatic ring is 1. The van der Waals surface area contributed by atoms with E-state index >= 15 is 0 Å². The second kappa shape index (κ2) is 8.05. The average molecular weight is 394 g/mol. The van der Waals surface area contributed by atoms with Crippen LogP contribution in [0, 0.1) is 5.41 Å². The van der Waals surface area contributed by atoms with Crippen LogP contribution in [0.5, 0.6) is 0 Å². The maximum Gasteiger partial charge on any atom is 0.323 e. The summed E-state index contributed by atoms with van der Waals surface area (Å²) in [4.78, 5) is 27.2. The van der Waals surface area contributed by atoms with Crippen molar-refractivity contribution >= 4 is 34.7 Å². The zero-order valence-corrected chi connectivity index (χ0v) is 16.2. The lowest BCUT2D eigenvalue weighted by Gasteiger charge is -2.18. The summed E-state index contributed by atoms with van der Waals surface area (Å²) in [7, 11) is 3.22. The van der Waals surface area contributed by atoms with Crippen molar-refractivity contribution in [3.8, 4) is 0 Å². The molecule has 2 aromatic carbocycles. The van der Waals surface area contributed by atoms with Gasteiger partial charge in [-0.3, -0.25) is 15.0 Å². The lowest BCUT2D eigenvalue weighted by Crippen LogP contribution is -2.27. The Labute approximate surface area is 168 Å². The van der Waals surface area contributed by atoms with Gasteiger partial charge in [0.25, 0.3) is 5.91 Å². The van der Waals surface area contributed by atoms with E-state index in [2.05, 4.69) is 0 Å². The van der Waals surface area contributed by atoms with Crippen LogP contribution in [0.2, 0.25) is 0 Å². The zero-order valence-electron chi connectivity index (χ0n) is 16.2. The number of methoxy groups -OCH3 is 1. The zero-order chi connectivity index (χ0) is 21.1. The molecule has 0 spiro atoms. The number of hydrogen-bond acceptors (Lipinski definition) is 5. The topological polar surface area (TPSA) is 120 Å². The third-order valence-electron chi connectivity index (χ3n) is 4.75. The van der Waals surface area contributed by atoms with E-state index in [-0.39, 0.29) is 18.3 Å². The van der Waals surface area contributed by atoms with E-state index in [9.17, 15) is 9.59 Å². The van der Waals surface area contributed by atoms with Crippen LogP contribution < -0.4 is 15.5 Å². The van der Waals surface area contributed by atoms with Gasteiger partial charge in [-0.1, -0.05) is 12.1 Å². The van der Waals surface area contributed by atoms with Crippen LogP contribution in [0.3, 0.4) is 0 Å². The van der Waals surface area contributed by atoms with E-state index < -0.39 is 5.97 Å². The highest BCUT2D eigenvalue weighted by Crippen LogP contribution is 2.33. The Morgan fingerprint density at radius 2 is 1.83 bits per heavy atom. The number of carboxylic acids is 1. The molecule has 29 heavy (non-hydrogen) atoms. The van der Waals surface area contributed by atoms with E-state index in [0.29, 0.717) is 34.7 Å². The summed E-state index contributed by atoms with van der Waals surface area (Å²) in [6.45, 7) is 0.180. The van der Waals surface area contributed by atoms with Crippen LogP contribution in [-0.4, -0.2) is 50.1 Å². The number of ether oxygens (including phenoxy) is 1. The van der Waals surface area contributed by atoms with Gasteiger partial charge in [0, 0.05) is 24.0 Å². The van der Waals surface area contributed by atoms with E-state index in [4.69, 9.17) is 21.0 Å². The van der Waals surface area contributed by atoms with Crippen molar-refractivity contribution in [1.82, 2.24) is 0 Å². The Morgan fingerprint density at radius 1 is 1.21 bits per heavy atom. The molecule has 0 saturated heterocycles. The van der Waals surface area contributed by atoms with Crippen LogP contribution in [0.15, 0.2) is 54.3 Å². The second-order valence-electron chi connectivity index (χ2n) is 6.65. The fourth-order valence-corrected chi connectivity index (χ4v) is 3.21. The molecular formula is C21H22N4O4. The highest BCUT2D eigenvalue weighted by Gasteiger charge is 2.33. The standard InChI is InChI=1S/C21H22N4O4/c1-24(12-18(26)27)15-7-3-13(4-8-15)19-17(29-2)11-25(21(19)28)16-9-5-14(6-10-16)20(22)23/h3-10H,11-12H2,1-2H3,(H3,22,23)(H,26,27). The molecule has 1 heterocycles. The number of likely N-dealkylation sites (N-methyl/N-ethyl adjacent to an activating group) is 1. The molecule has 150 valence electrons. The minimum atomic E-state index is -0.918. The first-order valence-electron chi connectivity index (χ1n) is 8.88. The summed E-state index contributed by atoms with van der Waals surface area (Å²) in [5, 5.41) is 16.4. The molecule has 1 aliphatic heterocycles. The average Bonchev–Trinajstić information content (AvgIpc) is 3.04. The number of benzene rings is 2. The number of carboxylic acid groups (broad SMARTS) is 1. The first kappa shape index (κ1) is 19.9. The number of amides is 1. The van der Waals surface area contributed by atoms with Gasteiger partial charge in [0.05, 0.1) is 19.2 Å². The molecule has 3 rings (SSSR count). The Morgan fingerprint density at radius 3 is 2.34 bits per heavy atom. The number of carbonyl (C=O) groups excluding carboxylic acids is 1. The number of hydrogen-bond donors (Lipinski definition) is 3. The van der Waals surface area contributed by atoms with Gasteiger partial charge in [-0.2, -0.15) is 0 Å². The molecule has 4 N–H and O–H groups in total. The molecule has 0 aromatic heterocycles. The van der Waals surface area contributed by atoms with Crippen molar-refractivity contribution in [3.05, 3.63) is 65.4 Å². The van der Waals surface area contributed by atoms with Crippen LogP contribution in [0.4, 0.5) is 11.4 Å². The van der Waals surface area contributed by atoms with Crippen molar-refractivity contribution in [2.24, 2.45) is 5.73 Å². The molecule has 1 amide bonds. The largest absolute Gasteiger partial charge is 0.498 e. The fourth-order valence-electron chi connectivity index (χ4n) is 3.21. The van der Waals surface area contributed by atoms with Gasteiger partial charge in [-0.15, -0.1) is 0 Å². The SMILES string of the molecule is COC1=C(c2ccc(N(C)CC(=O)O)cc2)C(=O)N(c2ccc(C(=N)N)cc2)C1. The predicted octanol–water partition coefficient (Wildman–Crippen LogP) is 1.90. The van der Waals surface area contributed by atoms with Gasteiger partial charge in [0.15, 0.2) is 0 Å². The monoisotopic (exact) mass is 394 g/mol. The van der Waals surface area contributed by atoms with E-state index in [1.807, 2.05) is 0 Å². The molecule has 0 atom stereocenters. The van der Waals surface area contributed by atoms with Gasteiger partial charge >= 0.3 is 5.97 Å². The molecule has 0 bridgehead atoms. The Hall–Kier alpha value is -3.81. The molecule has 0 aliphatic carbocycles. The lowest BCUT2D eigenvalue weighted by molar-refractivity contribution is -0.135. The van der Waals surface area contributed by atoms with Crippen LogP contribution >= 0.6 is 0 Å². The van der Waals surface area contributed by atoms with Gasteiger partial charge in [-0.25, -0.2) is 0 Å². The maximum atomic E-state index is 13.1. The van der Waals surface area contributed by atoms with Crippen LogP contribution in [-0.2, 0) is 14.3 Å². The molecule has 2 aromatic rings. The van der Waals surface area contributed by atoms with Crippen molar-refractivity contribution in [2.75, 3.05) is 37.0 Å². The van der Waals surface area contributed by atoms with Gasteiger partial charge in [0.2, 0.25) is 0 Å². The molecule has 0 fully saturated rings. The van der Waals surface area contributed by atoms with Crippen LogP contribution in [0.25, 0.3) is 5.57 Å². The highest BCUT2D eigenvalue weighted by molar-refractivity contribution is 6.29. The summed E-state index contributed by atoms with van der Waals surface area (Å²) >= 11 is 0. The molecule has 8 nitrogen and oxygen atoms in total. The first-order valence-corrected chi connectivity index (χ1v) is 8.88. The smallest absolute Gasteiger partial charge is 0.323 e. The summed E-state index contributed by atoms with van der Waals surface area (Å²) in [6, 6.07) is 14.0. The predicted molar refractivity (Wildman–Crippen MR) is 111 cm³/mol. The van der Waals surface area contributed by atoms with Crippen molar-refractivity contribution in [2.45, 2.75) is 0 Å². The highest BCUT2D eigenvalue weighted by atomic mass is 16.5. The van der Waals surface area contributed by atoms with Crippen molar-refractivity contribution in [1.29, 1.82) is 5.41 Å². The van der Waals surface area contributed by atoms with Crippen molar-refractivity contribution in [3.63, 3.8) is 0 Å². The Kier molecular flexibility index (Phi) is 5.54. The summed E-state index contributed by atoms with van der Waals surface area (Å²) < 4.78 is 5.47. The first-order chi connectivity index (χ1) is 13.8. The number of nitrogens with one attached hydrogen (secondary N) is 1. The minimum absolute atomic E-state index is 0.0337. The molecule has 0 radical (unpaired) electrons. The summed E-state index contributed by atoms with van der Waals surface area (Å²) in [5.74, 6) is -0.589. The molecule has 1 aliphatic rings.